The molecule has 8 nitrogen and oxygen atoms in total. The number of guanidine groups is 1. The van der Waals surface area contributed by atoms with Gasteiger partial charge in [0.1, 0.15) is 6.54 Å². The Bertz CT molecular complexity index is 741. The van der Waals surface area contributed by atoms with Crippen LogP contribution in [-0.2, 0) is 4.79 Å². The summed E-state index contributed by atoms with van der Waals surface area (Å²) in [5.41, 5.74) is 0.961. The quantitative estimate of drug-likeness (QED) is 0.416. The van der Waals surface area contributed by atoms with Crippen molar-refractivity contribution in [1.29, 1.82) is 0 Å². The van der Waals surface area contributed by atoms with Crippen LogP contribution in [0, 0.1) is 0 Å². The van der Waals surface area contributed by atoms with Gasteiger partial charge in [0, 0.05) is 13.6 Å². The first-order valence-corrected chi connectivity index (χ1v) is 11.1. The number of hydrogen-bond donors (Lipinski definition) is 0. The molecular formula is C21H35N6O2+. The normalized spacial score (nSPS) is 21.5. The van der Waals surface area contributed by atoms with Crippen LogP contribution in [0.4, 0.5) is 4.79 Å². The second-order valence-electron chi connectivity index (χ2n) is 8.21. The van der Waals surface area contributed by atoms with Crippen LogP contribution in [0.15, 0.2) is 10.1 Å². The summed E-state index contributed by atoms with van der Waals surface area (Å²) in [7, 11) is 1.72. The highest BCUT2D eigenvalue weighted by Gasteiger charge is 2.54. The maximum absolute atomic E-state index is 13.3. The zero-order chi connectivity index (χ0) is 21.0. The fourth-order valence-corrected chi connectivity index (χ4v) is 4.14. The van der Waals surface area contributed by atoms with Gasteiger partial charge in [-0.3, -0.25) is 14.6 Å². The molecule has 3 amide bonds. The van der Waals surface area contributed by atoms with Crippen molar-refractivity contribution in [3.05, 3.63) is 0 Å². The number of fused-ring (bicyclic) bond motifs is 2. The van der Waals surface area contributed by atoms with Gasteiger partial charge in [0.15, 0.2) is 0 Å². The van der Waals surface area contributed by atoms with Crippen LogP contribution >= 0.6 is 0 Å². The maximum atomic E-state index is 13.3. The summed E-state index contributed by atoms with van der Waals surface area (Å²) < 4.78 is 2.02. The molecule has 1 saturated heterocycles. The van der Waals surface area contributed by atoms with E-state index in [1.807, 2.05) is 16.5 Å². The zero-order valence-electron chi connectivity index (χ0n) is 18.4. The monoisotopic (exact) mass is 403 g/mol. The number of likely N-dealkylation sites (N-methyl/N-ethyl adjacent to an activating group) is 1. The van der Waals surface area contributed by atoms with E-state index in [2.05, 4.69) is 18.9 Å². The molecule has 0 spiro atoms. The molecule has 3 aliphatic heterocycles. The molecule has 0 aliphatic carbocycles. The Labute approximate surface area is 173 Å². The summed E-state index contributed by atoms with van der Waals surface area (Å²) in [5.74, 6) is 1.08. The molecule has 1 fully saturated rings. The number of imide groups is 1. The van der Waals surface area contributed by atoms with E-state index in [1.54, 1.807) is 11.9 Å². The lowest BCUT2D eigenvalue weighted by Crippen LogP contribution is -2.63. The van der Waals surface area contributed by atoms with Gasteiger partial charge in [0.2, 0.25) is 11.9 Å². The van der Waals surface area contributed by atoms with Crippen LogP contribution in [-0.4, -0.2) is 81.6 Å². The number of hydrazone groups is 1. The predicted molar refractivity (Wildman–Crippen MR) is 114 cm³/mol. The number of amides is 3. The highest BCUT2D eigenvalue weighted by atomic mass is 16.2. The van der Waals surface area contributed by atoms with Crippen molar-refractivity contribution < 1.29 is 14.2 Å². The SMILES string of the molecule is CCCCCCN1N=C(C)C[N+]2=C1N=C1C2C(=O)N(CCCCCC)C(=O)N1C. The fourth-order valence-electron chi connectivity index (χ4n) is 4.14. The van der Waals surface area contributed by atoms with Gasteiger partial charge >= 0.3 is 12.0 Å². The highest BCUT2D eigenvalue weighted by molar-refractivity contribution is 6.23. The Morgan fingerprint density at radius 3 is 2.31 bits per heavy atom. The first-order valence-electron chi connectivity index (χ1n) is 11.1. The number of hydrogen-bond acceptors (Lipinski definition) is 5. The standard InChI is InChI=1S/C21H35N6O2/c1-5-7-9-11-13-25-19(28)17-18(24(4)21(25)29)22-20-26(17)15-16(3)23-27(20)14-12-10-8-6-2/h17H,5-15H2,1-4H3/q+1. The van der Waals surface area contributed by atoms with Gasteiger partial charge in [-0.2, -0.15) is 0 Å². The molecule has 0 N–H and O–H groups in total. The Hall–Kier alpha value is -2.25. The molecule has 0 aromatic carbocycles. The lowest BCUT2D eigenvalue weighted by molar-refractivity contribution is -0.527. The molecule has 0 aromatic heterocycles. The molecule has 0 radical (unpaired) electrons. The minimum atomic E-state index is -0.525. The molecule has 0 bridgehead atoms. The van der Waals surface area contributed by atoms with Gasteiger partial charge in [-0.1, -0.05) is 57.4 Å². The predicted octanol–water partition coefficient (Wildman–Crippen LogP) is 2.88. The number of carbonyl (C=O) groups is 2. The summed E-state index contributed by atoms with van der Waals surface area (Å²) in [6.07, 6.45) is 8.69. The number of unbranched alkanes of at least 4 members (excludes halogenated alkanes) is 6. The molecule has 0 aromatic rings. The number of amidine groups is 1. The van der Waals surface area contributed by atoms with Crippen LogP contribution < -0.4 is 0 Å². The van der Waals surface area contributed by atoms with E-state index in [0.717, 1.165) is 50.8 Å². The van der Waals surface area contributed by atoms with Crippen LogP contribution in [0.25, 0.3) is 0 Å². The first kappa shape index (κ1) is 21.5. The van der Waals surface area contributed by atoms with Gasteiger partial charge in [0.05, 0.1) is 12.3 Å². The number of nitrogens with zero attached hydrogens (tertiary/aromatic N) is 6. The van der Waals surface area contributed by atoms with Crippen molar-refractivity contribution in [2.24, 2.45) is 10.1 Å². The van der Waals surface area contributed by atoms with Crippen LogP contribution in [0.5, 0.6) is 0 Å². The van der Waals surface area contributed by atoms with Crippen molar-refractivity contribution >= 4 is 29.4 Å². The lowest BCUT2D eigenvalue weighted by atomic mass is 10.1. The summed E-state index contributed by atoms with van der Waals surface area (Å²) in [4.78, 5) is 33.8. The van der Waals surface area contributed by atoms with Gasteiger partial charge in [-0.25, -0.2) is 9.37 Å². The number of aliphatic imine (C=N–C) groups is 1. The Morgan fingerprint density at radius 2 is 1.66 bits per heavy atom. The second-order valence-corrected chi connectivity index (χ2v) is 8.21. The lowest BCUT2D eigenvalue weighted by Gasteiger charge is -2.34. The minimum absolute atomic E-state index is 0.154. The van der Waals surface area contributed by atoms with Crippen molar-refractivity contribution in [1.82, 2.24) is 14.8 Å². The first-order chi connectivity index (χ1) is 14.0. The molecule has 8 heteroatoms. The minimum Gasteiger partial charge on any atom is -0.270 e. The highest BCUT2D eigenvalue weighted by Crippen LogP contribution is 2.23. The average molecular weight is 404 g/mol. The molecule has 1 unspecified atom stereocenters. The van der Waals surface area contributed by atoms with Crippen LogP contribution in [0.3, 0.4) is 0 Å². The van der Waals surface area contributed by atoms with E-state index in [1.165, 1.54) is 17.7 Å². The number of rotatable bonds is 10. The van der Waals surface area contributed by atoms with Crippen LogP contribution in [0.2, 0.25) is 0 Å². The van der Waals surface area contributed by atoms with E-state index in [4.69, 9.17) is 4.99 Å². The third-order valence-corrected chi connectivity index (χ3v) is 5.77. The van der Waals surface area contributed by atoms with E-state index in [9.17, 15) is 9.59 Å². The third kappa shape index (κ3) is 4.36. The molecule has 160 valence electrons. The maximum Gasteiger partial charge on any atom is 0.416 e. The van der Waals surface area contributed by atoms with Crippen molar-refractivity contribution in [3.8, 4) is 0 Å². The van der Waals surface area contributed by atoms with Crippen molar-refractivity contribution in [2.45, 2.75) is 78.2 Å². The van der Waals surface area contributed by atoms with Gasteiger partial charge < -0.3 is 0 Å². The Balaban J connectivity index is 1.78. The van der Waals surface area contributed by atoms with Crippen molar-refractivity contribution in [2.75, 3.05) is 26.7 Å². The molecule has 29 heavy (non-hydrogen) atoms. The second kappa shape index (κ2) is 9.50. The number of urea groups is 1. The molecular weight excluding hydrogens is 368 g/mol. The largest absolute Gasteiger partial charge is 0.416 e. The van der Waals surface area contributed by atoms with Gasteiger partial charge in [-0.05, 0) is 19.8 Å². The van der Waals surface area contributed by atoms with E-state index in [0.29, 0.717) is 24.9 Å². The summed E-state index contributed by atoms with van der Waals surface area (Å²) in [5, 5.41) is 6.59. The third-order valence-electron chi connectivity index (χ3n) is 5.77. The Kier molecular flexibility index (Phi) is 7.03. The average Bonchev–Trinajstić information content (AvgIpc) is 3.08. The summed E-state index contributed by atoms with van der Waals surface area (Å²) in [6, 6.07) is -0.795. The van der Waals surface area contributed by atoms with Crippen molar-refractivity contribution in [3.63, 3.8) is 0 Å². The van der Waals surface area contributed by atoms with E-state index in [-0.39, 0.29) is 11.9 Å². The van der Waals surface area contributed by atoms with E-state index >= 15 is 0 Å². The zero-order valence-corrected chi connectivity index (χ0v) is 18.4. The van der Waals surface area contributed by atoms with Gasteiger partial charge in [-0.15, -0.1) is 10.1 Å². The van der Waals surface area contributed by atoms with Crippen LogP contribution in [0.1, 0.15) is 72.1 Å². The van der Waals surface area contributed by atoms with Gasteiger partial charge in [0.25, 0.3) is 5.91 Å². The molecule has 3 aliphatic rings. The topological polar surface area (TPSA) is 71.6 Å². The molecule has 3 heterocycles. The Morgan fingerprint density at radius 1 is 1.00 bits per heavy atom. The summed E-state index contributed by atoms with van der Waals surface area (Å²) >= 11 is 0. The molecule has 0 saturated carbocycles. The molecule has 3 rings (SSSR count). The smallest absolute Gasteiger partial charge is 0.270 e. The van der Waals surface area contributed by atoms with E-state index < -0.39 is 6.04 Å². The fraction of sp³-hybridized carbons (Fsp3) is 0.762. The number of carbonyl (C=O) groups excluding carboxylic acids is 2. The molecule has 1 atom stereocenters. The summed E-state index contributed by atoms with van der Waals surface area (Å²) in [6.45, 7) is 8.15.